The van der Waals surface area contributed by atoms with Crippen LogP contribution < -0.4 is 11.1 Å². The number of rotatable bonds is 2. The van der Waals surface area contributed by atoms with Gasteiger partial charge in [-0.1, -0.05) is 11.3 Å². The summed E-state index contributed by atoms with van der Waals surface area (Å²) in [6.07, 6.45) is 0. The third-order valence-corrected chi connectivity index (χ3v) is 3.06. The third-order valence-electron chi connectivity index (χ3n) is 1.05. The average molecular weight is 222 g/mol. The lowest BCUT2D eigenvalue weighted by molar-refractivity contribution is 1.08. The van der Waals surface area contributed by atoms with Crippen molar-refractivity contribution in [1.82, 2.24) is 4.98 Å². The number of nitrogens with two attached hydrogens (primary N) is 1. The van der Waals surface area contributed by atoms with Gasteiger partial charge in [0.1, 0.15) is 4.60 Å². The van der Waals surface area contributed by atoms with Crippen molar-refractivity contribution in [1.29, 1.82) is 0 Å². The Kier molecular flexibility index (Phi) is 2.64. The summed E-state index contributed by atoms with van der Waals surface area (Å²) >= 11 is 4.86. The van der Waals surface area contributed by atoms with Crippen LogP contribution in [0, 0.1) is 0 Å². The summed E-state index contributed by atoms with van der Waals surface area (Å²) < 4.78 is 0.851. The number of nitrogens with zero attached hydrogens (tertiary/aromatic N) is 1. The number of halogens is 1. The highest BCUT2D eigenvalue weighted by atomic mass is 79.9. The first-order valence-electron chi connectivity index (χ1n) is 2.81. The van der Waals surface area contributed by atoms with Crippen molar-refractivity contribution >= 4 is 32.4 Å². The standard InChI is InChI=1S/C5H8BrN3S/c1-8-5-9-4(6)3(2-7)10-5/h2,7H2,1H3,(H,8,9). The highest BCUT2D eigenvalue weighted by molar-refractivity contribution is 9.10. The smallest absolute Gasteiger partial charge is 0.183 e. The quantitative estimate of drug-likeness (QED) is 0.795. The summed E-state index contributed by atoms with van der Waals surface area (Å²) in [6.45, 7) is 0.542. The molecule has 0 fully saturated rings. The number of hydrogen-bond acceptors (Lipinski definition) is 4. The van der Waals surface area contributed by atoms with Gasteiger partial charge in [-0.15, -0.1) is 0 Å². The summed E-state index contributed by atoms with van der Waals surface area (Å²) in [6, 6.07) is 0. The van der Waals surface area contributed by atoms with Crippen LogP contribution in [-0.4, -0.2) is 12.0 Å². The van der Waals surface area contributed by atoms with E-state index in [4.69, 9.17) is 5.73 Å². The molecule has 0 spiro atoms. The fourth-order valence-electron chi connectivity index (χ4n) is 0.566. The zero-order valence-corrected chi connectivity index (χ0v) is 7.92. The van der Waals surface area contributed by atoms with Crippen molar-refractivity contribution in [2.75, 3.05) is 12.4 Å². The van der Waals surface area contributed by atoms with Gasteiger partial charge < -0.3 is 11.1 Å². The highest BCUT2D eigenvalue weighted by Gasteiger charge is 2.04. The maximum absolute atomic E-state index is 5.43. The lowest BCUT2D eigenvalue weighted by Crippen LogP contribution is -1.92. The minimum Gasteiger partial charge on any atom is -0.365 e. The number of hydrogen-bond donors (Lipinski definition) is 2. The molecule has 1 rings (SSSR count). The van der Waals surface area contributed by atoms with E-state index < -0.39 is 0 Å². The van der Waals surface area contributed by atoms with Gasteiger partial charge in [0.2, 0.25) is 0 Å². The van der Waals surface area contributed by atoms with Gasteiger partial charge >= 0.3 is 0 Å². The molecule has 0 aliphatic rings. The molecule has 0 atom stereocenters. The van der Waals surface area contributed by atoms with E-state index in [-0.39, 0.29) is 0 Å². The Hall–Kier alpha value is -0.130. The van der Waals surface area contributed by atoms with Crippen LogP contribution in [-0.2, 0) is 6.54 Å². The topological polar surface area (TPSA) is 50.9 Å². The lowest BCUT2D eigenvalue weighted by atomic mass is 10.6. The van der Waals surface area contributed by atoms with Crippen LogP contribution in [0.15, 0.2) is 4.60 Å². The van der Waals surface area contributed by atoms with E-state index in [0.29, 0.717) is 6.54 Å². The second-order valence-corrected chi connectivity index (χ2v) is 3.52. The molecular formula is C5H8BrN3S. The van der Waals surface area contributed by atoms with Gasteiger partial charge in [0, 0.05) is 13.6 Å². The minimum atomic E-state index is 0.542. The lowest BCUT2D eigenvalue weighted by Gasteiger charge is -1.86. The molecular weight excluding hydrogens is 214 g/mol. The predicted octanol–water partition coefficient (Wildman–Crippen LogP) is 1.41. The molecule has 3 nitrogen and oxygen atoms in total. The molecule has 0 aliphatic heterocycles. The number of nitrogens with one attached hydrogen (secondary N) is 1. The zero-order chi connectivity index (χ0) is 7.56. The van der Waals surface area contributed by atoms with Gasteiger partial charge in [0.25, 0.3) is 0 Å². The van der Waals surface area contributed by atoms with E-state index in [1.54, 1.807) is 11.3 Å². The molecule has 0 aliphatic carbocycles. The van der Waals surface area contributed by atoms with Crippen molar-refractivity contribution in [2.24, 2.45) is 5.73 Å². The molecule has 0 aromatic carbocycles. The number of anilines is 1. The first-order chi connectivity index (χ1) is 4.77. The number of aromatic nitrogens is 1. The molecule has 0 saturated heterocycles. The van der Waals surface area contributed by atoms with Crippen molar-refractivity contribution in [2.45, 2.75) is 6.54 Å². The van der Waals surface area contributed by atoms with E-state index in [2.05, 4.69) is 26.2 Å². The summed E-state index contributed by atoms with van der Waals surface area (Å²) in [4.78, 5) is 5.22. The fraction of sp³-hybridized carbons (Fsp3) is 0.400. The second kappa shape index (κ2) is 3.32. The van der Waals surface area contributed by atoms with Crippen LogP contribution in [0.3, 0.4) is 0 Å². The van der Waals surface area contributed by atoms with Gasteiger partial charge in [0.05, 0.1) is 4.88 Å². The van der Waals surface area contributed by atoms with Gasteiger partial charge in [-0.05, 0) is 15.9 Å². The minimum absolute atomic E-state index is 0.542. The molecule has 1 aromatic heterocycles. The van der Waals surface area contributed by atoms with Gasteiger partial charge in [-0.25, -0.2) is 4.98 Å². The largest absolute Gasteiger partial charge is 0.365 e. The molecule has 3 N–H and O–H groups in total. The average Bonchev–Trinajstić information content (AvgIpc) is 2.30. The maximum Gasteiger partial charge on any atom is 0.183 e. The van der Waals surface area contributed by atoms with E-state index in [1.807, 2.05) is 7.05 Å². The van der Waals surface area contributed by atoms with Crippen LogP contribution in [0.5, 0.6) is 0 Å². The molecule has 0 bridgehead atoms. The second-order valence-electron chi connectivity index (χ2n) is 1.69. The summed E-state index contributed by atoms with van der Waals surface area (Å²) in [7, 11) is 1.84. The van der Waals surface area contributed by atoms with Crippen LogP contribution in [0.2, 0.25) is 0 Å². The Morgan fingerprint density at radius 2 is 2.50 bits per heavy atom. The zero-order valence-electron chi connectivity index (χ0n) is 5.52. The fourth-order valence-corrected chi connectivity index (χ4v) is 1.95. The molecule has 1 heterocycles. The highest BCUT2D eigenvalue weighted by Crippen LogP contribution is 2.25. The normalized spacial score (nSPS) is 9.90. The van der Waals surface area contributed by atoms with Gasteiger partial charge in [-0.3, -0.25) is 0 Å². The first-order valence-corrected chi connectivity index (χ1v) is 4.42. The third kappa shape index (κ3) is 1.47. The van der Waals surface area contributed by atoms with E-state index in [1.165, 1.54) is 0 Å². The Labute approximate surface area is 71.8 Å². The van der Waals surface area contributed by atoms with Crippen LogP contribution in [0.4, 0.5) is 5.13 Å². The maximum atomic E-state index is 5.43. The monoisotopic (exact) mass is 221 g/mol. The summed E-state index contributed by atoms with van der Waals surface area (Å²) in [5.74, 6) is 0. The Morgan fingerprint density at radius 1 is 1.80 bits per heavy atom. The Morgan fingerprint density at radius 3 is 2.80 bits per heavy atom. The first kappa shape index (κ1) is 7.97. The molecule has 10 heavy (non-hydrogen) atoms. The van der Waals surface area contributed by atoms with Crippen molar-refractivity contribution in [3.05, 3.63) is 9.48 Å². The summed E-state index contributed by atoms with van der Waals surface area (Å²) in [5, 5.41) is 3.84. The Bertz CT molecular complexity index is 223. The van der Waals surface area contributed by atoms with Crippen molar-refractivity contribution in [3.63, 3.8) is 0 Å². The van der Waals surface area contributed by atoms with Crippen molar-refractivity contribution < 1.29 is 0 Å². The van der Waals surface area contributed by atoms with E-state index >= 15 is 0 Å². The molecule has 0 saturated carbocycles. The predicted molar refractivity (Wildman–Crippen MR) is 47.3 cm³/mol. The Balaban J connectivity index is 2.92. The molecule has 0 amide bonds. The van der Waals surface area contributed by atoms with Crippen LogP contribution >= 0.6 is 27.3 Å². The van der Waals surface area contributed by atoms with Gasteiger partial charge in [0.15, 0.2) is 5.13 Å². The van der Waals surface area contributed by atoms with E-state index in [9.17, 15) is 0 Å². The van der Waals surface area contributed by atoms with E-state index in [0.717, 1.165) is 14.6 Å². The van der Waals surface area contributed by atoms with Crippen LogP contribution in [0.25, 0.3) is 0 Å². The molecule has 0 radical (unpaired) electrons. The van der Waals surface area contributed by atoms with Gasteiger partial charge in [-0.2, -0.15) is 0 Å². The molecule has 1 aromatic rings. The summed E-state index contributed by atoms with van der Waals surface area (Å²) in [5.41, 5.74) is 5.43. The molecule has 56 valence electrons. The molecule has 0 unspecified atom stereocenters. The van der Waals surface area contributed by atoms with Crippen molar-refractivity contribution in [3.8, 4) is 0 Å². The SMILES string of the molecule is CNc1nc(Br)c(CN)s1. The molecule has 5 heteroatoms. The van der Waals surface area contributed by atoms with Crippen LogP contribution in [0.1, 0.15) is 4.88 Å². The number of thiazole rings is 1.